The van der Waals surface area contributed by atoms with Crippen molar-refractivity contribution in [1.82, 2.24) is 0 Å². The SMILES string of the molecule is CC(C)(C)[Si](C)(C)OCC(=O)COCc1ccccc1. The molecule has 0 aliphatic heterocycles. The van der Waals surface area contributed by atoms with Crippen LogP contribution in [0.4, 0.5) is 0 Å². The van der Waals surface area contributed by atoms with E-state index in [1.807, 2.05) is 30.3 Å². The van der Waals surface area contributed by atoms with Gasteiger partial charge in [-0.2, -0.15) is 0 Å². The molecular formula is C16H26O3Si. The van der Waals surface area contributed by atoms with E-state index >= 15 is 0 Å². The highest BCUT2D eigenvalue weighted by Crippen LogP contribution is 2.36. The van der Waals surface area contributed by atoms with Gasteiger partial charge in [0.05, 0.1) is 13.2 Å². The van der Waals surface area contributed by atoms with Crippen molar-refractivity contribution >= 4 is 14.1 Å². The third-order valence-corrected chi connectivity index (χ3v) is 8.25. The highest BCUT2D eigenvalue weighted by atomic mass is 28.4. The number of ketones is 1. The lowest BCUT2D eigenvalue weighted by molar-refractivity contribution is -0.126. The van der Waals surface area contributed by atoms with Gasteiger partial charge in [0.25, 0.3) is 0 Å². The lowest BCUT2D eigenvalue weighted by Crippen LogP contribution is -2.42. The molecule has 0 aliphatic rings. The molecule has 0 saturated carbocycles. The van der Waals surface area contributed by atoms with Crippen molar-refractivity contribution in [2.45, 2.75) is 45.5 Å². The summed E-state index contributed by atoms with van der Waals surface area (Å²) in [5.41, 5.74) is 1.07. The van der Waals surface area contributed by atoms with Crippen molar-refractivity contribution < 1.29 is 14.0 Å². The molecule has 0 amide bonds. The van der Waals surface area contributed by atoms with E-state index in [1.54, 1.807) is 0 Å². The number of hydrogen-bond donors (Lipinski definition) is 0. The highest BCUT2D eigenvalue weighted by Gasteiger charge is 2.37. The number of ether oxygens (including phenoxy) is 1. The molecule has 112 valence electrons. The van der Waals surface area contributed by atoms with Crippen LogP contribution in [0.15, 0.2) is 30.3 Å². The van der Waals surface area contributed by atoms with Crippen LogP contribution >= 0.6 is 0 Å². The molecule has 1 aromatic rings. The molecule has 0 aromatic heterocycles. The van der Waals surface area contributed by atoms with Crippen LogP contribution in [0.3, 0.4) is 0 Å². The first kappa shape index (κ1) is 17.1. The zero-order valence-corrected chi connectivity index (χ0v) is 14.2. The molecule has 0 heterocycles. The summed E-state index contributed by atoms with van der Waals surface area (Å²) >= 11 is 0. The minimum absolute atomic E-state index is 0.00533. The molecule has 0 aliphatic carbocycles. The van der Waals surface area contributed by atoms with Gasteiger partial charge in [0.2, 0.25) is 0 Å². The molecule has 4 heteroatoms. The quantitative estimate of drug-likeness (QED) is 0.718. The first-order chi connectivity index (χ1) is 9.22. The monoisotopic (exact) mass is 294 g/mol. The molecule has 1 aromatic carbocycles. The van der Waals surface area contributed by atoms with Crippen LogP contribution in [0.2, 0.25) is 18.1 Å². The van der Waals surface area contributed by atoms with Crippen molar-refractivity contribution in [3.63, 3.8) is 0 Å². The summed E-state index contributed by atoms with van der Waals surface area (Å²) in [6, 6.07) is 9.84. The van der Waals surface area contributed by atoms with E-state index in [9.17, 15) is 4.79 Å². The minimum Gasteiger partial charge on any atom is -0.409 e. The number of benzene rings is 1. The van der Waals surface area contributed by atoms with Gasteiger partial charge in [-0.1, -0.05) is 51.1 Å². The maximum Gasteiger partial charge on any atom is 0.192 e. The van der Waals surface area contributed by atoms with Gasteiger partial charge in [0.15, 0.2) is 14.1 Å². The van der Waals surface area contributed by atoms with Crippen molar-refractivity contribution in [2.75, 3.05) is 13.2 Å². The average molecular weight is 294 g/mol. The zero-order chi connectivity index (χ0) is 15.2. The van der Waals surface area contributed by atoms with Crippen LogP contribution < -0.4 is 0 Å². The second-order valence-corrected chi connectivity index (χ2v) is 11.4. The predicted molar refractivity (Wildman–Crippen MR) is 84.3 cm³/mol. The van der Waals surface area contributed by atoms with Crippen LogP contribution in [0.5, 0.6) is 0 Å². The Morgan fingerprint density at radius 2 is 1.70 bits per heavy atom. The molecular weight excluding hydrogens is 268 g/mol. The summed E-state index contributed by atoms with van der Waals surface area (Å²) in [5, 5.41) is 0.123. The Morgan fingerprint density at radius 3 is 2.25 bits per heavy atom. The van der Waals surface area contributed by atoms with Crippen LogP contribution in [-0.2, 0) is 20.6 Å². The second-order valence-electron chi connectivity index (χ2n) is 6.57. The van der Waals surface area contributed by atoms with Crippen LogP contribution in [-0.4, -0.2) is 27.3 Å². The van der Waals surface area contributed by atoms with E-state index in [2.05, 4.69) is 33.9 Å². The first-order valence-electron chi connectivity index (χ1n) is 7.00. The van der Waals surface area contributed by atoms with Gasteiger partial charge in [-0.25, -0.2) is 0 Å². The normalized spacial score (nSPS) is 12.4. The van der Waals surface area contributed by atoms with Gasteiger partial charge in [-0.3, -0.25) is 4.79 Å². The lowest BCUT2D eigenvalue weighted by atomic mass is 10.2. The fourth-order valence-corrected chi connectivity index (χ4v) is 2.33. The standard InChI is InChI=1S/C16H26O3Si/c1-16(2,3)20(4,5)19-13-15(17)12-18-11-14-9-7-6-8-10-14/h6-10H,11-13H2,1-5H3. The average Bonchev–Trinajstić information content (AvgIpc) is 2.36. The van der Waals surface area contributed by atoms with Crippen molar-refractivity contribution in [1.29, 1.82) is 0 Å². The molecule has 0 N–H and O–H groups in total. The summed E-state index contributed by atoms with van der Waals surface area (Å²) in [4.78, 5) is 11.8. The smallest absolute Gasteiger partial charge is 0.192 e. The maximum atomic E-state index is 11.8. The van der Waals surface area contributed by atoms with E-state index in [0.717, 1.165) is 5.56 Å². The van der Waals surface area contributed by atoms with E-state index in [-0.39, 0.29) is 24.0 Å². The number of carbonyl (C=O) groups excluding carboxylic acids is 1. The Labute approximate surface area is 123 Å². The molecule has 3 nitrogen and oxygen atoms in total. The molecule has 0 bridgehead atoms. The Morgan fingerprint density at radius 1 is 1.10 bits per heavy atom. The zero-order valence-electron chi connectivity index (χ0n) is 13.2. The van der Waals surface area contributed by atoms with E-state index in [4.69, 9.17) is 9.16 Å². The van der Waals surface area contributed by atoms with Crippen LogP contribution in [0, 0.1) is 0 Å². The maximum absolute atomic E-state index is 11.8. The fraction of sp³-hybridized carbons (Fsp3) is 0.562. The van der Waals surface area contributed by atoms with Gasteiger partial charge in [-0.05, 0) is 23.7 Å². The van der Waals surface area contributed by atoms with Gasteiger partial charge in [-0.15, -0.1) is 0 Å². The van der Waals surface area contributed by atoms with Crippen LogP contribution in [0.1, 0.15) is 26.3 Å². The molecule has 0 saturated heterocycles. The topological polar surface area (TPSA) is 35.5 Å². The Hall–Kier alpha value is -0.973. The van der Waals surface area contributed by atoms with Gasteiger partial charge in [0.1, 0.15) is 6.61 Å². The fourth-order valence-electron chi connectivity index (χ4n) is 1.38. The number of Topliss-reactive ketones (excluding diaryl/α,β-unsaturated/α-hetero) is 1. The largest absolute Gasteiger partial charge is 0.409 e. The number of carbonyl (C=O) groups is 1. The highest BCUT2D eigenvalue weighted by molar-refractivity contribution is 6.74. The van der Waals surface area contributed by atoms with Crippen molar-refractivity contribution in [3.8, 4) is 0 Å². The summed E-state index contributed by atoms with van der Waals surface area (Å²) in [7, 11) is -1.85. The molecule has 0 radical (unpaired) electrons. The van der Waals surface area contributed by atoms with Crippen molar-refractivity contribution in [2.24, 2.45) is 0 Å². The summed E-state index contributed by atoms with van der Waals surface area (Å²) in [6.07, 6.45) is 0. The van der Waals surface area contributed by atoms with Crippen LogP contribution in [0.25, 0.3) is 0 Å². The first-order valence-corrected chi connectivity index (χ1v) is 9.90. The summed E-state index contributed by atoms with van der Waals surface area (Å²) < 4.78 is 11.3. The van der Waals surface area contributed by atoms with Crippen molar-refractivity contribution in [3.05, 3.63) is 35.9 Å². The van der Waals surface area contributed by atoms with E-state index < -0.39 is 8.32 Å². The third-order valence-electron chi connectivity index (χ3n) is 3.77. The molecule has 1 rings (SSSR count). The molecule has 0 atom stereocenters. The summed E-state index contributed by atoms with van der Waals surface area (Å²) in [5.74, 6) is 0.00533. The van der Waals surface area contributed by atoms with Gasteiger partial charge in [0, 0.05) is 0 Å². The number of rotatable bonds is 7. The second kappa shape index (κ2) is 7.15. The van der Waals surface area contributed by atoms with Gasteiger partial charge >= 0.3 is 0 Å². The summed E-state index contributed by atoms with van der Waals surface area (Å²) in [6.45, 7) is 11.5. The minimum atomic E-state index is -1.85. The third kappa shape index (κ3) is 5.57. The predicted octanol–water partition coefficient (Wildman–Crippen LogP) is 3.79. The Bertz CT molecular complexity index is 421. The van der Waals surface area contributed by atoms with E-state index in [0.29, 0.717) is 6.61 Å². The number of hydrogen-bond acceptors (Lipinski definition) is 3. The molecule has 0 spiro atoms. The van der Waals surface area contributed by atoms with E-state index in [1.165, 1.54) is 0 Å². The van der Waals surface area contributed by atoms with Gasteiger partial charge < -0.3 is 9.16 Å². The molecule has 0 fully saturated rings. The molecule has 20 heavy (non-hydrogen) atoms. The Balaban J connectivity index is 2.28. The Kier molecular flexibility index (Phi) is 6.11. The molecule has 0 unspecified atom stereocenters. The lowest BCUT2D eigenvalue weighted by Gasteiger charge is -2.35.